The highest BCUT2D eigenvalue weighted by atomic mass is 19.4. The molecule has 0 fully saturated rings. The van der Waals surface area contributed by atoms with E-state index in [1.807, 2.05) is 24.3 Å². The lowest BCUT2D eigenvalue weighted by Gasteiger charge is -2.18. The highest BCUT2D eigenvalue weighted by Crippen LogP contribution is 2.29. The molecule has 1 unspecified atom stereocenters. The van der Waals surface area contributed by atoms with Gasteiger partial charge in [-0.05, 0) is 42.5 Å². The Hall–Kier alpha value is -2.24. The molecule has 0 radical (unpaired) electrons. The minimum atomic E-state index is -4.40. The van der Waals surface area contributed by atoms with Crippen molar-refractivity contribution in [3.05, 3.63) is 53.7 Å². The van der Waals surface area contributed by atoms with Crippen LogP contribution in [-0.4, -0.2) is 17.7 Å². The van der Waals surface area contributed by atoms with Gasteiger partial charge in [0.1, 0.15) is 18.5 Å². The van der Waals surface area contributed by atoms with E-state index in [1.165, 1.54) is 11.6 Å². The van der Waals surface area contributed by atoms with Crippen LogP contribution < -0.4 is 9.47 Å². The first-order valence-electron chi connectivity index (χ1n) is 8.44. The Kier molecular flexibility index (Phi) is 6.16. The largest absolute Gasteiger partial charge is 0.490 e. The quantitative estimate of drug-likeness (QED) is 0.672. The van der Waals surface area contributed by atoms with Crippen molar-refractivity contribution in [3.8, 4) is 11.6 Å². The van der Waals surface area contributed by atoms with E-state index in [-0.39, 0.29) is 24.0 Å². The lowest BCUT2D eigenvalue weighted by Crippen LogP contribution is -2.21. The molecule has 1 aromatic heterocycles. The molecular weight excluding hydrogens is 343 g/mol. The van der Waals surface area contributed by atoms with Gasteiger partial charge in [0, 0.05) is 12.3 Å². The fourth-order valence-electron chi connectivity index (χ4n) is 2.39. The van der Waals surface area contributed by atoms with E-state index in [4.69, 9.17) is 9.47 Å². The summed E-state index contributed by atoms with van der Waals surface area (Å²) in [7, 11) is 0. The van der Waals surface area contributed by atoms with Crippen LogP contribution in [0.25, 0.3) is 0 Å². The molecular formula is C20H24F3NO2. The van der Waals surface area contributed by atoms with Crippen molar-refractivity contribution in [1.29, 1.82) is 0 Å². The Morgan fingerprint density at radius 2 is 1.65 bits per heavy atom. The number of hydrogen-bond acceptors (Lipinski definition) is 3. The van der Waals surface area contributed by atoms with Crippen LogP contribution >= 0.6 is 0 Å². The molecule has 0 aliphatic heterocycles. The zero-order valence-corrected chi connectivity index (χ0v) is 15.4. The van der Waals surface area contributed by atoms with Crippen molar-refractivity contribution < 1.29 is 22.6 Å². The Balaban J connectivity index is 1.84. The van der Waals surface area contributed by atoms with E-state index >= 15 is 0 Å². The lowest BCUT2D eigenvalue weighted by molar-refractivity contribution is -0.137. The summed E-state index contributed by atoms with van der Waals surface area (Å²) in [6.45, 7) is 8.60. The van der Waals surface area contributed by atoms with Gasteiger partial charge in [0.15, 0.2) is 0 Å². The Morgan fingerprint density at radius 3 is 2.15 bits per heavy atom. The molecule has 0 amide bonds. The normalized spacial score (nSPS) is 13.3. The van der Waals surface area contributed by atoms with Crippen molar-refractivity contribution in [1.82, 2.24) is 4.98 Å². The van der Waals surface area contributed by atoms with Gasteiger partial charge >= 0.3 is 6.18 Å². The third-order valence-electron chi connectivity index (χ3n) is 3.53. The third-order valence-corrected chi connectivity index (χ3v) is 3.53. The van der Waals surface area contributed by atoms with Gasteiger partial charge in [-0.2, -0.15) is 13.2 Å². The summed E-state index contributed by atoms with van der Waals surface area (Å²) in [6, 6.07) is 10.0. The Labute approximate surface area is 152 Å². The molecule has 0 spiro atoms. The van der Waals surface area contributed by atoms with Crippen LogP contribution in [0.2, 0.25) is 0 Å². The van der Waals surface area contributed by atoms with E-state index in [0.717, 1.165) is 24.4 Å². The monoisotopic (exact) mass is 367 g/mol. The van der Waals surface area contributed by atoms with Gasteiger partial charge in [0.05, 0.1) is 5.56 Å². The van der Waals surface area contributed by atoms with Crippen LogP contribution in [0.5, 0.6) is 11.6 Å². The maximum absolute atomic E-state index is 12.5. The number of pyridine rings is 1. The fraction of sp³-hybridized carbons (Fsp3) is 0.450. The average Bonchev–Trinajstić information content (AvgIpc) is 2.52. The minimum absolute atomic E-state index is 0.134. The van der Waals surface area contributed by atoms with E-state index in [9.17, 15) is 13.2 Å². The Morgan fingerprint density at radius 1 is 1.00 bits per heavy atom. The first kappa shape index (κ1) is 20.1. The first-order valence-corrected chi connectivity index (χ1v) is 8.44. The molecule has 0 N–H and O–H groups in total. The number of alkyl halides is 3. The van der Waals surface area contributed by atoms with E-state index in [2.05, 4.69) is 25.8 Å². The van der Waals surface area contributed by atoms with Gasteiger partial charge in [-0.15, -0.1) is 0 Å². The zero-order chi connectivity index (χ0) is 19.4. The molecule has 0 saturated heterocycles. The highest BCUT2D eigenvalue weighted by molar-refractivity contribution is 5.28. The van der Waals surface area contributed by atoms with Gasteiger partial charge in [-0.1, -0.05) is 32.9 Å². The number of nitrogens with zero attached hydrogens (tertiary/aromatic N) is 1. The molecule has 6 heteroatoms. The number of ether oxygens (including phenoxy) is 2. The maximum atomic E-state index is 12.5. The molecule has 2 aromatic rings. The van der Waals surface area contributed by atoms with Crippen molar-refractivity contribution >= 4 is 0 Å². The van der Waals surface area contributed by atoms with E-state index in [0.29, 0.717) is 0 Å². The van der Waals surface area contributed by atoms with Gasteiger partial charge in [-0.25, -0.2) is 4.98 Å². The molecule has 0 aliphatic rings. The van der Waals surface area contributed by atoms with Crippen molar-refractivity contribution in [2.45, 2.75) is 46.4 Å². The van der Waals surface area contributed by atoms with Gasteiger partial charge in [-0.3, -0.25) is 0 Å². The van der Waals surface area contributed by atoms with Crippen LogP contribution in [0, 0.1) is 5.41 Å². The van der Waals surface area contributed by atoms with Crippen LogP contribution in [-0.2, 0) is 12.6 Å². The summed E-state index contributed by atoms with van der Waals surface area (Å²) >= 11 is 0. The van der Waals surface area contributed by atoms with Crippen LogP contribution in [0.15, 0.2) is 42.6 Å². The summed E-state index contributed by atoms with van der Waals surface area (Å²) in [5.41, 5.74) is 0.659. The minimum Gasteiger partial charge on any atom is -0.490 e. The second-order valence-electron chi connectivity index (χ2n) is 7.50. The molecule has 0 aliphatic carbocycles. The second-order valence-corrected chi connectivity index (χ2v) is 7.50. The smallest absolute Gasteiger partial charge is 0.417 e. The van der Waals surface area contributed by atoms with E-state index in [1.54, 1.807) is 6.92 Å². The Bertz CT molecular complexity index is 689. The first-order chi connectivity index (χ1) is 12.0. The number of rotatable bonds is 6. The summed E-state index contributed by atoms with van der Waals surface area (Å²) in [4.78, 5) is 3.69. The van der Waals surface area contributed by atoms with Gasteiger partial charge < -0.3 is 9.47 Å². The van der Waals surface area contributed by atoms with Crippen LogP contribution in [0.1, 0.15) is 38.8 Å². The van der Waals surface area contributed by atoms with Gasteiger partial charge in [0.2, 0.25) is 5.88 Å². The van der Waals surface area contributed by atoms with Crippen molar-refractivity contribution in [2.24, 2.45) is 5.41 Å². The van der Waals surface area contributed by atoms with E-state index < -0.39 is 11.7 Å². The molecule has 1 heterocycles. The average molecular weight is 367 g/mol. The third kappa shape index (κ3) is 6.58. The summed E-state index contributed by atoms with van der Waals surface area (Å²) in [5, 5.41) is 0. The maximum Gasteiger partial charge on any atom is 0.417 e. The zero-order valence-electron chi connectivity index (χ0n) is 15.4. The highest BCUT2D eigenvalue weighted by Gasteiger charge is 2.30. The number of hydrogen-bond donors (Lipinski definition) is 0. The molecule has 1 aromatic carbocycles. The predicted octanol–water partition coefficient (Wildman–Crippen LogP) is 5.54. The van der Waals surface area contributed by atoms with Crippen molar-refractivity contribution in [2.75, 3.05) is 6.61 Å². The SMILES string of the molecule is CC(COc1ccc(CC(C)(C)C)cc1)Oc1ccc(C(F)(F)F)cn1. The second kappa shape index (κ2) is 7.98. The molecule has 1 atom stereocenters. The standard InChI is InChI=1S/C20H24F3NO2/c1-14(26-18-10-7-16(12-24-18)20(21,22)23)13-25-17-8-5-15(6-9-17)11-19(2,3)4/h5-10,12,14H,11,13H2,1-4H3. The molecule has 26 heavy (non-hydrogen) atoms. The van der Waals surface area contributed by atoms with Crippen LogP contribution in [0.4, 0.5) is 13.2 Å². The number of halogens is 3. The molecule has 3 nitrogen and oxygen atoms in total. The molecule has 0 saturated carbocycles. The van der Waals surface area contributed by atoms with Crippen molar-refractivity contribution in [3.63, 3.8) is 0 Å². The van der Waals surface area contributed by atoms with Crippen LogP contribution in [0.3, 0.4) is 0 Å². The number of benzene rings is 1. The summed E-state index contributed by atoms with van der Waals surface area (Å²) in [5.74, 6) is 0.855. The lowest BCUT2D eigenvalue weighted by atomic mass is 9.88. The van der Waals surface area contributed by atoms with Gasteiger partial charge in [0.25, 0.3) is 0 Å². The fourth-order valence-corrected chi connectivity index (χ4v) is 2.39. The summed E-state index contributed by atoms with van der Waals surface area (Å²) in [6.07, 6.45) is -3.02. The molecule has 2 rings (SSSR count). The molecule has 142 valence electrons. The predicted molar refractivity (Wildman–Crippen MR) is 94.4 cm³/mol. The topological polar surface area (TPSA) is 31.4 Å². The molecule has 0 bridgehead atoms. The number of aromatic nitrogens is 1. The summed E-state index contributed by atoms with van der Waals surface area (Å²) < 4.78 is 48.7.